The number of hydrogen-bond donors (Lipinski definition) is 3. The predicted octanol–water partition coefficient (Wildman–Crippen LogP) is 3.15. The number of aromatic amines is 1. The third-order valence-corrected chi connectivity index (χ3v) is 3.25. The van der Waals surface area contributed by atoms with Gasteiger partial charge in [-0.05, 0) is 48.6 Å². The molecule has 0 bridgehead atoms. The number of rotatable bonds is 2. The smallest absolute Gasteiger partial charge is 0.200 e. The topological polar surface area (TPSA) is 74.1 Å². The van der Waals surface area contributed by atoms with E-state index in [0.717, 1.165) is 0 Å². The molecular weight excluding hydrogens is 293 g/mol. The highest BCUT2D eigenvalue weighted by molar-refractivity contribution is 7.71. The highest BCUT2D eigenvalue weighted by atomic mass is 32.1. The van der Waals surface area contributed by atoms with E-state index in [9.17, 15) is 14.6 Å². The molecule has 2 aromatic carbocycles. The second-order valence-corrected chi connectivity index (χ2v) is 4.75. The van der Waals surface area contributed by atoms with Crippen molar-refractivity contribution >= 4 is 12.2 Å². The van der Waals surface area contributed by atoms with Crippen LogP contribution < -0.4 is 0 Å². The molecule has 3 aromatic rings. The number of halogens is 1. The summed E-state index contributed by atoms with van der Waals surface area (Å²) in [4.78, 5) is 0. The van der Waals surface area contributed by atoms with Crippen LogP contribution in [0, 0.1) is 10.6 Å². The Morgan fingerprint density at radius 3 is 2.48 bits per heavy atom. The van der Waals surface area contributed by atoms with Crippen molar-refractivity contribution in [2.75, 3.05) is 0 Å². The molecule has 7 heteroatoms. The van der Waals surface area contributed by atoms with Crippen LogP contribution in [0.5, 0.6) is 11.5 Å². The van der Waals surface area contributed by atoms with Crippen molar-refractivity contribution in [2.45, 2.75) is 0 Å². The molecule has 0 amide bonds. The summed E-state index contributed by atoms with van der Waals surface area (Å²) in [7, 11) is 0. The normalized spacial score (nSPS) is 10.7. The quantitative estimate of drug-likeness (QED) is 0.636. The van der Waals surface area contributed by atoms with E-state index < -0.39 is 0 Å². The van der Waals surface area contributed by atoms with Gasteiger partial charge in [-0.3, -0.25) is 9.67 Å². The maximum atomic E-state index is 13.0. The van der Waals surface area contributed by atoms with E-state index in [1.165, 1.54) is 30.3 Å². The van der Waals surface area contributed by atoms with Gasteiger partial charge in [-0.25, -0.2) is 4.39 Å². The molecule has 0 spiro atoms. The van der Waals surface area contributed by atoms with Gasteiger partial charge in [0, 0.05) is 6.07 Å². The highest BCUT2D eigenvalue weighted by Gasteiger charge is 2.14. The summed E-state index contributed by atoms with van der Waals surface area (Å²) in [5.41, 5.74) is 1.00. The maximum Gasteiger partial charge on any atom is 0.200 e. The van der Waals surface area contributed by atoms with Crippen molar-refractivity contribution in [3.8, 4) is 28.6 Å². The van der Waals surface area contributed by atoms with Crippen LogP contribution in [0.25, 0.3) is 17.1 Å². The number of H-pyrrole nitrogens is 1. The van der Waals surface area contributed by atoms with E-state index in [1.807, 2.05) is 0 Å². The van der Waals surface area contributed by atoms with Crippen LogP contribution in [0.3, 0.4) is 0 Å². The SMILES string of the molecule is Oc1ccc(-c2n[nH]c(=S)n2-c2ccc(F)cc2)c(O)c1. The summed E-state index contributed by atoms with van der Waals surface area (Å²) in [5, 5.41) is 26.0. The third-order valence-electron chi connectivity index (χ3n) is 2.98. The fourth-order valence-corrected chi connectivity index (χ4v) is 2.25. The fraction of sp³-hybridized carbons (Fsp3) is 0. The predicted molar refractivity (Wildman–Crippen MR) is 77.5 cm³/mol. The molecule has 1 heterocycles. The number of aromatic nitrogens is 3. The summed E-state index contributed by atoms with van der Waals surface area (Å²) in [5.74, 6) is -0.182. The van der Waals surface area contributed by atoms with Crippen LogP contribution in [0.4, 0.5) is 4.39 Å². The number of nitrogens with one attached hydrogen (secondary N) is 1. The second kappa shape index (κ2) is 5.02. The average molecular weight is 303 g/mol. The number of aromatic hydroxyl groups is 2. The Morgan fingerprint density at radius 1 is 1.10 bits per heavy atom. The summed E-state index contributed by atoms with van der Waals surface area (Å²) in [6.45, 7) is 0. The van der Waals surface area contributed by atoms with Gasteiger partial charge in [-0.2, -0.15) is 5.10 Å². The van der Waals surface area contributed by atoms with Gasteiger partial charge in [-0.1, -0.05) is 0 Å². The second-order valence-electron chi connectivity index (χ2n) is 4.37. The lowest BCUT2D eigenvalue weighted by atomic mass is 10.1. The first kappa shape index (κ1) is 13.3. The number of benzene rings is 2. The average Bonchev–Trinajstić information content (AvgIpc) is 2.82. The molecule has 0 saturated heterocycles. The van der Waals surface area contributed by atoms with E-state index in [4.69, 9.17) is 12.2 Å². The molecule has 0 aliphatic heterocycles. The maximum absolute atomic E-state index is 13.0. The highest BCUT2D eigenvalue weighted by Crippen LogP contribution is 2.32. The van der Waals surface area contributed by atoms with Crippen molar-refractivity contribution in [3.05, 3.63) is 53.1 Å². The van der Waals surface area contributed by atoms with Gasteiger partial charge < -0.3 is 10.2 Å². The molecule has 1 aromatic heterocycles. The molecule has 5 nitrogen and oxygen atoms in total. The van der Waals surface area contributed by atoms with Crippen molar-refractivity contribution in [2.24, 2.45) is 0 Å². The van der Waals surface area contributed by atoms with E-state index in [0.29, 0.717) is 21.8 Å². The zero-order valence-corrected chi connectivity index (χ0v) is 11.4. The summed E-state index contributed by atoms with van der Waals surface area (Å²) in [6, 6.07) is 9.90. The molecule has 0 fully saturated rings. The van der Waals surface area contributed by atoms with E-state index in [-0.39, 0.29) is 17.3 Å². The molecule has 3 rings (SSSR count). The minimum atomic E-state index is -0.359. The van der Waals surface area contributed by atoms with Crippen LogP contribution in [-0.4, -0.2) is 25.0 Å². The lowest BCUT2D eigenvalue weighted by Crippen LogP contribution is -1.98. The number of phenols is 2. The Morgan fingerprint density at radius 2 is 1.81 bits per heavy atom. The number of nitrogens with zero attached hydrogens (tertiary/aromatic N) is 2. The zero-order chi connectivity index (χ0) is 15.0. The van der Waals surface area contributed by atoms with Crippen LogP contribution in [0.1, 0.15) is 0 Å². The lowest BCUT2D eigenvalue weighted by Gasteiger charge is -2.08. The molecule has 0 unspecified atom stereocenters. The van der Waals surface area contributed by atoms with Gasteiger partial charge in [0.05, 0.1) is 11.3 Å². The van der Waals surface area contributed by atoms with Crippen LogP contribution in [0.2, 0.25) is 0 Å². The largest absolute Gasteiger partial charge is 0.508 e. The van der Waals surface area contributed by atoms with Crippen molar-refractivity contribution in [3.63, 3.8) is 0 Å². The zero-order valence-electron chi connectivity index (χ0n) is 10.6. The van der Waals surface area contributed by atoms with E-state index in [2.05, 4.69) is 10.2 Å². The monoisotopic (exact) mass is 303 g/mol. The Hall–Kier alpha value is -2.67. The standard InChI is InChI=1S/C14H10FN3O2S/c15-8-1-3-9(4-2-8)18-13(16-17-14(18)21)11-6-5-10(19)7-12(11)20/h1-7,19-20H,(H,17,21). The van der Waals surface area contributed by atoms with Gasteiger partial charge in [0.2, 0.25) is 0 Å². The Balaban J connectivity index is 2.21. The number of hydrogen-bond acceptors (Lipinski definition) is 4. The van der Waals surface area contributed by atoms with Gasteiger partial charge in [0.1, 0.15) is 17.3 Å². The first-order valence-corrected chi connectivity index (χ1v) is 6.43. The van der Waals surface area contributed by atoms with Gasteiger partial charge >= 0.3 is 0 Å². The number of phenolic OH excluding ortho intramolecular Hbond substituents is 2. The molecule has 3 N–H and O–H groups in total. The molecule has 0 aliphatic carbocycles. The Bertz CT molecular complexity index is 855. The van der Waals surface area contributed by atoms with Gasteiger partial charge in [0.15, 0.2) is 10.6 Å². The molecular formula is C14H10FN3O2S. The first-order valence-electron chi connectivity index (χ1n) is 6.02. The van der Waals surface area contributed by atoms with Crippen LogP contribution >= 0.6 is 12.2 Å². The van der Waals surface area contributed by atoms with E-state index >= 15 is 0 Å². The van der Waals surface area contributed by atoms with Crippen molar-refractivity contribution in [1.82, 2.24) is 14.8 Å². The fourth-order valence-electron chi connectivity index (χ4n) is 2.02. The molecule has 0 aliphatic rings. The summed E-state index contributed by atoms with van der Waals surface area (Å²) >= 11 is 5.18. The van der Waals surface area contributed by atoms with Gasteiger partial charge in [0.25, 0.3) is 0 Å². The Labute approximate surface area is 123 Å². The first-order chi connectivity index (χ1) is 10.1. The lowest BCUT2D eigenvalue weighted by molar-refractivity contribution is 0.451. The minimum Gasteiger partial charge on any atom is -0.508 e. The van der Waals surface area contributed by atoms with E-state index in [1.54, 1.807) is 16.7 Å². The Kier molecular flexibility index (Phi) is 3.19. The molecule has 0 radical (unpaired) electrons. The molecule has 21 heavy (non-hydrogen) atoms. The summed E-state index contributed by atoms with van der Waals surface area (Å²) in [6.07, 6.45) is 0. The molecule has 106 valence electrons. The van der Waals surface area contributed by atoms with Crippen LogP contribution in [-0.2, 0) is 0 Å². The summed E-state index contributed by atoms with van der Waals surface area (Å²) < 4.78 is 14.9. The van der Waals surface area contributed by atoms with Gasteiger partial charge in [-0.15, -0.1) is 0 Å². The minimum absolute atomic E-state index is 0.0567. The third kappa shape index (κ3) is 2.38. The van der Waals surface area contributed by atoms with Crippen molar-refractivity contribution < 1.29 is 14.6 Å². The molecule has 0 atom stereocenters. The van der Waals surface area contributed by atoms with Crippen molar-refractivity contribution in [1.29, 1.82) is 0 Å². The van der Waals surface area contributed by atoms with Crippen LogP contribution in [0.15, 0.2) is 42.5 Å². The molecule has 0 saturated carbocycles.